The Balaban J connectivity index is 1.95. The van der Waals surface area contributed by atoms with Crippen molar-refractivity contribution in [2.45, 2.75) is 58.8 Å². The summed E-state index contributed by atoms with van der Waals surface area (Å²) in [6.45, 7) is 4.63. The smallest absolute Gasteiger partial charge is 0.0108 e. The van der Waals surface area contributed by atoms with Gasteiger partial charge in [-0.15, -0.1) is 0 Å². The quantitative estimate of drug-likeness (QED) is 0.578. The molecule has 2 unspecified atom stereocenters. The van der Waals surface area contributed by atoms with E-state index in [0.29, 0.717) is 5.41 Å². The summed E-state index contributed by atoms with van der Waals surface area (Å²) in [5.41, 5.74) is 1.39. The van der Waals surface area contributed by atoms with E-state index in [2.05, 4.69) is 26.0 Å². The van der Waals surface area contributed by atoms with Crippen molar-refractivity contribution in [2.75, 3.05) is 0 Å². The molecule has 0 saturated heterocycles. The maximum Gasteiger partial charge on any atom is -0.0108 e. The van der Waals surface area contributed by atoms with Crippen molar-refractivity contribution in [3.63, 3.8) is 0 Å². The lowest BCUT2D eigenvalue weighted by Crippen LogP contribution is -2.50. The van der Waals surface area contributed by atoms with Crippen LogP contribution < -0.4 is 0 Å². The second-order valence-electron chi connectivity index (χ2n) is 6.68. The summed E-state index contributed by atoms with van der Waals surface area (Å²) in [4.78, 5) is 0. The Morgan fingerprint density at radius 1 is 1.13 bits per heavy atom. The summed E-state index contributed by atoms with van der Waals surface area (Å²) in [6, 6.07) is 0. The van der Waals surface area contributed by atoms with Crippen LogP contribution >= 0.6 is 0 Å². The van der Waals surface area contributed by atoms with Crippen LogP contribution in [0.15, 0.2) is 12.2 Å². The summed E-state index contributed by atoms with van der Waals surface area (Å²) >= 11 is 0. The fourth-order valence-corrected chi connectivity index (χ4v) is 5.49. The molecule has 0 heteroatoms. The molecule has 15 heavy (non-hydrogen) atoms. The zero-order valence-electron chi connectivity index (χ0n) is 10.3. The van der Waals surface area contributed by atoms with Crippen molar-refractivity contribution in [1.82, 2.24) is 0 Å². The Labute approximate surface area is 94.1 Å². The van der Waals surface area contributed by atoms with Crippen molar-refractivity contribution in [2.24, 2.45) is 22.7 Å². The molecule has 0 aromatic carbocycles. The summed E-state index contributed by atoms with van der Waals surface area (Å²) in [5.74, 6) is 2.14. The van der Waals surface area contributed by atoms with Gasteiger partial charge >= 0.3 is 0 Å². The van der Waals surface area contributed by atoms with E-state index in [1.54, 1.807) is 19.3 Å². The van der Waals surface area contributed by atoms with E-state index >= 15 is 0 Å². The molecule has 4 rings (SSSR count). The van der Waals surface area contributed by atoms with E-state index in [4.69, 9.17) is 0 Å². The highest BCUT2D eigenvalue weighted by Crippen LogP contribution is 2.66. The van der Waals surface area contributed by atoms with E-state index in [1.165, 1.54) is 25.7 Å². The van der Waals surface area contributed by atoms with Crippen LogP contribution in [0.2, 0.25) is 0 Å². The Bertz CT molecular complexity index is 272. The lowest BCUT2D eigenvalue weighted by atomic mass is 9.43. The van der Waals surface area contributed by atoms with Crippen LogP contribution in [0.5, 0.6) is 0 Å². The van der Waals surface area contributed by atoms with Crippen LogP contribution in [0.3, 0.4) is 0 Å². The van der Waals surface area contributed by atoms with Crippen LogP contribution in [-0.4, -0.2) is 0 Å². The van der Waals surface area contributed by atoms with E-state index in [0.717, 1.165) is 17.3 Å². The number of rotatable bonds is 2. The molecule has 0 amide bonds. The maximum absolute atomic E-state index is 2.56. The SMILES string of the molecule is C/C=C/C12CC3CC(C1)CC(CC)(C3)C2. The lowest BCUT2D eigenvalue weighted by molar-refractivity contribution is -0.0891. The van der Waals surface area contributed by atoms with E-state index in [9.17, 15) is 0 Å². The van der Waals surface area contributed by atoms with E-state index < -0.39 is 0 Å². The first kappa shape index (κ1) is 9.93. The Kier molecular flexibility index (Phi) is 2.06. The van der Waals surface area contributed by atoms with E-state index in [-0.39, 0.29) is 0 Å². The van der Waals surface area contributed by atoms with Gasteiger partial charge in [-0.05, 0) is 68.1 Å². The highest BCUT2D eigenvalue weighted by atomic mass is 14.6. The van der Waals surface area contributed by atoms with Gasteiger partial charge in [-0.1, -0.05) is 25.5 Å². The van der Waals surface area contributed by atoms with Crippen LogP contribution in [-0.2, 0) is 0 Å². The first-order chi connectivity index (χ1) is 7.19. The molecule has 4 aliphatic carbocycles. The normalized spacial score (nSPS) is 52.9. The summed E-state index contributed by atoms with van der Waals surface area (Å²) in [5, 5.41) is 0. The third-order valence-electron chi connectivity index (χ3n) is 5.50. The predicted octanol–water partition coefficient (Wildman–Crippen LogP) is 4.56. The molecular weight excluding hydrogens is 180 g/mol. The van der Waals surface area contributed by atoms with Crippen LogP contribution in [0.1, 0.15) is 58.8 Å². The molecule has 4 fully saturated rings. The molecule has 0 N–H and O–H groups in total. The molecule has 0 nitrogen and oxygen atoms in total. The standard InChI is InChI=1S/C15H24/c1-3-5-15-9-12-6-13(10-15)8-14(4-2,7-12)11-15/h3,5,12-13H,4,6-11H2,1-2H3/b5-3+. The Morgan fingerprint density at radius 2 is 1.80 bits per heavy atom. The van der Waals surface area contributed by atoms with Gasteiger partial charge in [0, 0.05) is 0 Å². The van der Waals surface area contributed by atoms with Gasteiger partial charge in [0.05, 0.1) is 0 Å². The van der Waals surface area contributed by atoms with Gasteiger partial charge in [-0.3, -0.25) is 0 Å². The first-order valence-electron chi connectivity index (χ1n) is 6.83. The molecular formula is C15H24. The van der Waals surface area contributed by atoms with Crippen molar-refractivity contribution < 1.29 is 0 Å². The Morgan fingerprint density at radius 3 is 2.33 bits per heavy atom. The van der Waals surface area contributed by atoms with Crippen LogP contribution in [0, 0.1) is 22.7 Å². The fourth-order valence-electron chi connectivity index (χ4n) is 5.49. The van der Waals surface area contributed by atoms with Crippen molar-refractivity contribution >= 4 is 0 Å². The van der Waals surface area contributed by atoms with Gasteiger partial charge in [-0.25, -0.2) is 0 Å². The van der Waals surface area contributed by atoms with Gasteiger partial charge in [0.2, 0.25) is 0 Å². The highest BCUT2D eigenvalue weighted by molar-refractivity contribution is 5.13. The monoisotopic (exact) mass is 204 g/mol. The molecule has 4 saturated carbocycles. The second kappa shape index (κ2) is 3.12. The van der Waals surface area contributed by atoms with Crippen LogP contribution in [0.4, 0.5) is 0 Å². The van der Waals surface area contributed by atoms with Crippen molar-refractivity contribution in [3.8, 4) is 0 Å². The maximum atomic E-state index is 2.56. The molecule has 2 atom stereocenters. The average Bonchev–Trinajstić information content (AvgIpc) is 2.15. The third kappa shape index (κ3) is 1.40. The largest absolute Gasteiger partial charge is 0.0911 e. The first-order valence-corrected chi connectivity index (χ1v) is 6.83. The van der Waals surface area contributed by atoms with Gasteiger partial charge in [0.25, 0.3) is 0 Å². The minimum atomic E-state index is 0.634. The van der Waals surface area contributed by atoms with Gasteiger partial charge in [0.15, 0.2) is 0 Å². The molecule has 0 radical (unpaired) electrons. The highest BCUT2D eigenvalue weighted by Gasteiger charge is 2.55. The molecule has 84 valence electrons. The topological polar surface area (TPSA) is 0 Å². The molecule has 4 bridgehead atoms. The summed E-state index contributed by atoms with van der Waals surface area (Å²) in [7, 11) is 0. The molecule has 0 spiro atoms. The summed E-state index contributed by atoms with van der Waals surface area (Å²) in [6.07, 6.45) is 15.5. The average molecular weight is 204 g/mol. The minimum Gasteiger partial charge on any atom is -0.0911 e. The van der Waals surface area contributed by atoms with Gasteiger partial charge in [-0.2, -0.15) is 0 Å². The third-order valence-corrected chi connectivity index (χ3v) is 5.50. The molecule has 0 aromatic heterocycles. The predicted molar refractivity (Wildman–Crippen MR) is 64.7 cm³/mol. The van der Waals surface area contributed by atoms with Crippen molar-refractivity contribution in [3.05, 3.63) is 12.2 Å². The van der Waals surface area contributed by atoms with Crippen molar-refractivity contribution in [1.29, 1.82) is 0 Å². The van der Waals surface area contributed by atoms with Crippen LogP contribution in [0.25, 0.3) is 0 Å². The van der Waals surface area contributed by atoms with Gasteiger partial charge in [0.1, 0.15) is 0 Å². The molecule has 0 aliphatic heterocycles. The number of hydrogen-bond donors (Lipinski definition) is 0. The zero-order valence-corrected chi connectivity index (χ0v) is 10.3. The minimum absolute atomic E-state index is 0.634. The fraction of sp³-hybridized carbons (Fsp3) is 0.867. The Hall–Kier alpha value is -0.260. The van der Waals surface area contributed by atoms with E-state index in [1.807, 2.05) is 0 Å². The number of allylic oxidation sites excluding steroid dienone is 2. The zero-order chi connectivity index (χ0) is 10.5. The number of hydrogen-bond acceptors (Lipinski definition) is 0. The lowest BCUT2D eigenvalue weighted by Gasteiger charge is -2.61. The molecule has 0 aromatic rings. The summed E-state index contributed by atoms with van der Waals surface area (Å²) < 4.78 is 0. The molecule has 0 heterocycles. The second-order valence-corrected chi connectivity index (χ2v) is 6.68. The molecule has 4 aliphatic rings. The van der Waals surface area contributed by atoms with Gasteiger partial charge < -0.3 is 0 Å².